The topological polar surface area (TPSA) is 52.6 Å². The van der Waals surface area contributed by atoms with Gasteiger partial charge >= 0.3 is 11.9 Å². The third-order valence-corrected chi connectivity index (χ3v) is 2.79. The van der Waals surface area contributed by atoms with Gasteiger partial charge in [-0.2, -0.15) is 0 Å². The van der Waals surface area contributed by atoms with Crippen LogP contribution in [0.2, 0.25) is 0 Å². The summed E-state index contributed by atoms with van der Waals surface area (Å²) in [6.07, 6.45) is -0.505. The third-order valence-electron chi connectivity index (χ3n) is 2.04. The van der Waals surface area contributed by atoms with Crippen LogP contribution in [0.25, 0.3) is 0 Å². The van der Waals surface area contributed by atoms with Gasteiger partial charge < -0.3 is 9.47 Å². The number of esters is 2. The summed E-state index contributed by atoms with van der Waals surface area (Å²) in [5.74, 6) is -1.71. The van der Waals surface area contributed by atoms with Crippen LogP contribution in [-0.4, -0.2) is 11.9 Å². The van der Waals surface area contributed by atoms with Crippen molar-refractivity contribution in [1.29, 1.82) is 0 Å². The van der Waals surface area contributed by atoms with Crippen LogP contribution < -0.4 is 9.47 Å². The molecule has 0 aliphatic heterocycles. The van der Waals surface area contributed by atoms with Crippen LogP contribution in [0.3, 0.4) is 0 Å². The van der Waals surface area contributed by atoms with Gasteiger partial charge in [0.05, 0.1) is 0 Å². The number of thiophene rings is 1. The molecule has 0 fully saturated rings. The highest BCUT2D eigenvalue weighted by molar-refractivity contribution is 7.11. The Balaban J connectivity index is 1.84. The number of ether oxygens (including phenoxy) is 2. The average molecular weight is 280 g/mol. The van der Waals surface area contributed by atoms with Crippen molar-refractivity contribution in [3.8, 4) is 10.8 Å². The highest BCUT2D eigenvalue weighted by Crippen LogP contribution is 2.19. The molecule has 0 radical (unpaired) electrons. The van der Waals surface area contributed by atoms with E-state index >= 15 is 0 Å². The van der Waals surface area contributed by atoms with Gasteiger partial charge in [0.25, 0.3) is 0 Å². The molecular weight excluding hydrogens is 271 g/mol. The Kier molecular flexibility index (Phi) is 4.25. The van der Waals surface area contributed by atoms with E-state index in [2.05, 4.69) is 0 Å². The van der Waals surface area contributed by atoms with Gasteiger partial charge in [-0.1, -0.05) is 0 Å². The zero-order valence-corrected chi connectivity index (χ0v) is 10.5. The lowest BCUT2D eigenvalue weighted by molar-refractivity contribution is -0.144. The van der Waals surface area contributed by atoms with Gasteiger partial charge in [0, 0.05) is 0 Å². The number of halogens is 1. The van der Waals surface area contributed by atoms with Gasteiger partial charge in [-0.3, -0.25) is 9.59 Å². The fourth-order valence-corrected chi connectivity index (χ4v) is 1.85. The molecule has 98 valence electrons. The van der Waals surface area contributed by atoms with Crippen molar-refractivity contribution in [2.24, 2.45) is 0 Å². The van der Waals surface area contributed by atoms with Gasteiger partial charge in [0.2, 0.25) is 0 Å². The lowest BCUT2D eigenvalue weighted by Crippen LogP contribution is -2.17. The van der Waals surface area contributed by atoms with Crippen LogP contribution in [-0.2, 0) is 9.59 Å². The summed E-state index contributed by atoms with van der Waals surface area (Å²) in [4.78, 5) is 22.8. The maximum atomic E-state index is 12.6. The summed E-state index contributed by atoms with van der Waals surface area (Å²) in [5.41, 5.74) is 0. The van der Waals surface area contributed by atoms with Crippen molar-refractivity contribution in [1.82, 2.24) is 0 Å². The van der Waals surface area contributed by atoms with E-state index in [0.717, 1.165) is 12.1 Å². The first kappa shape index (κ1) is 13.2. The molecule has 4 nitrogen and oxygen atoms in total. The van der Waals surface area contributed by atoms with Crippen LogP contribution in [0.5, 0.6) is 10.8 Å². The summed E-state index contributed by atoms with van der Waals surface area (Å²) >= 11 is 1.25. The van der Waals surface area contributed by atoms with E-state index in [-0.39, 0.29) is 5.75 Å². The molecule has 0 saturated carbocycles. The molecule has 0 atom stereocenters. The number of carbonyl (C=O) groups is 2. The fraction of sp³-hybridized carbons (Fsp3) is 0.0769. The Morgan fingerprint density at radius 1 is 1.05 bits per heavy atom. The van der Waals surface area contributed by atoms with E-state index in [4.69, 9.17) is 9.47 Å². The molecule has 2 aromatic rings. The lowest BCUT2D eigenvalue weighted by Gasteiger charge is -2.03. The molecule has 0 aliphatic carbocycles. The first-order chi connectivity index (χ1) is 9.13. The molecule has 0 N–H and O–H groups in total. The Morgan fingerprint density at radius 3 is 2.37 bits per heavy atom. The average Bonchev–Trinajstić information content (AvgIpc) is 2.84. The maximum Gasteiger partial charge on any atom is 0.323 e. The van der Waals surface area contributed by atoms with Crippen molar-refractivity contribution in [3.05, 3.63) is 47.6 Å². The van der Waals surface area contributed by atoms with Crippen LogP contribution in [0.4, 0.5) is 4.39 Å². The number of hydrogen-bond acceptors (Lipinski definition) is 5. The second-order valence-corrected chi connectivity index (χ2v) is 4.42. The summed E-state index contributed by atoms with van der Waals surface area (Å²) in [7, 11) is 0. The Bertz CT molecular complexity index is 563. The van der Waals surface area contributed by atoms with Crippen molar-refractivity contribution < 1.29 is 23.5 Å². The van der Waals surface area contributed by atoms with Crippen LogP contribution in [0.1, 0.15) is 6.42 Å². The van der Waals surface area contributed by atoms with Gasteiger partial charge in [-0.15, -0.1) is 11.3 Å². The van der Waals surface area contributed by atoms with Crippen molar-refractivity contribution in [2.45, 2.75) is 6.42 Å². The van der Waals surface area contributed by atoms with E-state index in [1.54, 1.807) is 17.5 Å². The van der Waals surface area contributed by atoms with Crippen molar-refractivity contribution in [2.75, 3.05) is 0 Å². The molecule has 1 heterocycles. The Labute approximate surface area is 112 Å². The molecule has 2 rings (SSSR count). The summed E-state index contributed by atoms with van der Waals surface area (Å²) in [6, 6.07) is 8.27. The van der Waals surface area contributed by atoms with E-state index in [1.165, 1.54) is 23.5 Å². The largest absolute Gasteiger partial charge is 0.426 e. The second kappa shape index (κ2) is 6.10. The second-order valence-electron chi connectivity index (χ2n) is 3.51. The monoisotopic (exact) mass is 280 g/mol. The number of rotatable bonds is 4. The highest BCUT2D eigenvalue weighted by atomic mass is 32.1. The lowest BCUT2D eigenvalue weighted by atomic mass is 10.3. The van der Waals surface area contributed by atoms with E-state index in [1.807, 2.05) is 0 Å². The first-order valence-corrected chi connectivity index (χ1v) is 6.22. The molecular formula is C13H9FO4S. The van der Waals surface area contributed by atoms with Gasteiger partial charge in [-0.05, 0) is 41.8 Å². The molecule has 19 heavy (non-hydrogen) atoms. The molecule has 6 heteroatoms. The van der Waals surface area contributed by atoms with E-state index in [9.17, 15) is 14.0 Å². The van der Waals surface area contributed by atoms with E-state index in [0.29, 0.717) is 5.06 Å². The molecule has 1 aromatic carbocycles. The standard InChI is InChI=1S/C13H9FO4S/c14-9-3-5-10(6-4-9)17-11(15)8-12(16)18-13-2-1-7-19-13/h1-7H,8H2. The normalized spacial score (nSPS) is 9.95. The molecule has 1 aromatic heterocycles. The third kappa shape index (κ3) is 4.18. The fourth-order valence-electron chi connectivity index (χ4n) is 1.26. The molecule has 0 bridgehead atoms. The zero-order chi connectivity index (χ0) is 13.7. The molecule has 0 spiro atoms. The SMILES string of the molecule is O=C(CC(=O)Oc1cccs1)Oc1ccc(F)cc1. The minimum atomic E-state index is -0.756. The van der Waals surface area contributed by atoms with Gasteiger partial charge in [0.1, 0.15) is 18.0 Å². The number of benzene rings is 1. The number of hydrogen-bond donors (Lipinski definition) is 0. The van der Waals surface area contributed by atoms with Crippen LogP contribution >= 0.6 is 11.3 Å². The molecule has 0 unspecified atom stereocenters. The highest BCUT2D eigenvalue weighted by Gasteiger charge is 2.14. The minimum absolute atomic E-state index is 0.176. The van der Waals surface area contributed by atoms with Crippen LogP contribution in [0.15, 0.2) is 41.8 Å². The molecule has 0 saturated heterocycles. The van der Waals surface area contributed by atoms with Crippen LogP contribution in [0, 0.1) is 5.82 Å². The van der Waals surface area contributed by atoms with Crippen molar-refractivity contribution >= 4 is 23.3 Å². The van der Waals surface area contributed by atoms with Gasteiger partial charge in [-0.25, -0.2) is 4.39 Å². The minimum Gasteiger partial charge on any atom is -0.426 e. The molecule has 0 amide bonds. The zero-order valence-electron chi connectivity index (χ0n) is 9.67. The van der Waals surface area contributed by atoms with E-state index < -0.39 is 24.2 Å². The maximum absolute atomic E-state index is 12.6. The Morgan fingerprint density at radius 2 is 1.74 bits per heavy atom. The molecule has 0 aliphatic rings. The summed E-state index contributed by atoms with van der Waals surface area (Å²) in [6.45, 7) is 0. The first-order valence-electron chi connectivity index (χ1n) is 5.34. The summed E-state index contributed by atoms with van der Waals surface area (Å²) < 4.78 is 22.4. The quantitative estimate of drug-likeness (QED) is 0.491. The van der Waals surface area contributed by atoms with Crippen molar-refractivity contribution in [3.63, 3.8) is 0 Å². The predicted molar refractivity (Wildman–Crippen MR) is 66.6 cm³/mol. The van der Waals surface area contributed by atoms with Gasteiger partial charge in [0.15, 0.2) is 5.06 Å². The predicted octanol–water partition coefficient (Wildman–Crippen LogP) is 2.79. The summed E-state index contributed by atoms with van der Waals surface area (Å²) in [5, 5.41) is 2.17. The Hall–Kier alpha value is -2.21. The number of carbonyl (C=O) groups excluding carboxylic acids is 2. The smallest absolute Gasteiger partial charge is 0.323 e.